The van der Waals surface area contributed by atoms with Gasteiger partial charge < -0.3 is 19.9 Å². The fourth-order valence-electron chi connectivity index (χ4n) is 1.49. The zero-order valence-corrected chi connectivity index (χ0v) is 11.4. The first-order chi connectivity index (χ1) is 9.85. The molecule has 0 aliphatic heterocycles. The summed E-state index contributed by atoms with van der Waals surface area (Å²) in [5, 5.41) is 0. The Morgan fingerprint density at radius 1 is 1.29 bits per heavy atom. The van der Waals surface area contributed by atoms with Crippen LogP contribution in [0, 0.1) is 0 Å². The molecule has 1 aromatic carbocycles. The maximum Gasteiger partial charge on any atom is 0.411 e. The highest BCUT2D eigenvalue weighted by Crippen LogP contribution is 2.25. The van der Waals surface area contributed by atoms with Crippen molar-refractivity contribution in [2.45, 2.75) is 12.6 Å². The number of nitrogen functional groups attached to an aromatic ring is 1. The van der Waals surface area contributed by atoms with E-state index < -0.39 is 18.8 Å². The lowest BCUT2D eigenvalue weighted by Gasteiger charge is -2.10. The van der Waals surface area contributed by atoms with Crippen molar-refractivity contribution in [2.75, 3.05) is 32.7 Å². The number of rotatable bonds is 7. The Morgan fingerprint density at radius 3 is 2.62 bits per heavy atom. The maximum absolute atomic E-state index is 11.8. The van der Waals surface area contributed by atoms with Crippen LogP contribution >= 0.6 is 0 Å². The number of halogens is 3. The molecule has 0 amide bonds. The summed E-state index contributed by atoms with van der Waals surface area (Å²) in [6.45, 7) is -1.53. The number of carbonyl (C=O) groups excluding carboxylic acids is 1. The normalized spacial score (nSPS) is 11.2. The lowest BCUT2D eigenvalue weighted by Crippen LogP contribution is -2.18. The van der Waals surface area contributed by atoms with Crippen molar-refractivity contribution >= 4 is 11.7 Å². The highest BCUT2D eigenvalue weighted by molar-refractivity contribution is 5.96. The molecule has 1 rings (SSSR count). The van der Waals surface area contributed by atoms with Crippen LogP contribution in [0.2, 0.25) is 0 Å². The summed E-state index contributed by atoms with van der Waals surface area (Å²) in [5.41, 5.74) is 6.01. The van der Waals surface area contributed by atoms with E-state index in [0.717, 1.165) is 0 Å². The molecule has 0 spiro atoms. The first kappa shape index (κ1) is 17.1. The molecule has 1 aromatic rings. The molecule has 0 unspecified atom stereocenters. The smallest absolute Gasteiger partial charge is 0.411 e. The SMILES string of the molecule is COc1cccc(C(=O)OCCCOCC(F)(F)F)c1N. The minimum atomic E-state index is -4.36. The van der Waals surface area contributed by atoms with Crippen LogP contribution in [0.15, 0.2) is 18.2 Å². The van der Waals surface area contributed by atoms with Gasteiger partial charge in [-0.2, -0.15) is 13.2 Å². The minimum absolute atomic E-state index is 0.0622. The number of ether oxygens (including phenoxy) is 3. The van der Waals surface area contributed by atoms with E-state index in [4.69, 9.17) is 15.2 Å². The number of alkyl halides is 3. The molecule has 0 fully saturated rings. The predicted molar refractivity (Wildman–Crippen MR) is 69.2 cm³/mol. The Balaban J connectivity index is 2.35. The first-order valence-corrected chi connectivity index (χ1v) is 6.09. The fourth-order valence-corrected chi connectivity index (χ4v) is 1.49. The van der Waals surface area contributed by atoms with Gasteiger partial charge in [0, 0.05) is 6.42 Å². The fraction of sp³-hybridized carbons (Fsp3) is 0.462. The van der Waals surface area contributed by atoms with Crippen LogP contribution in [0.3, 0.4) is 0 Å². The second kappa shape index (κ2) is 7.72. The standard InChI is InChI=1S/C13H16F3NO4/c1-19-10-5-2-4-9(11(10)17)12(18)21-7-3-6-20-8-13(14,15)16/h2,4-5H,3,6-8,17H2,1H3. The molecule has 0 heterocycles. The number of anilines is 1. The van der Waals surface area contributed by atoms with Gasteiger partial charge in [0.25, 0.3) is 0 Å². The summed E-state index contributed by atoms with van der Waals surface area (Å²) in [6, 6.07) is 4.65. The van der Waals surface area contributed by atoms with Gasteiger partial charge in [-0.15, -0.1) is 0 Å². The van der Waals surface area contributed by atoms with Crippen LogP contribution in [0.4, 0.5) is 18.9 Å². The molecule has 0 saturated heterocycles. The Bertz CT molecular complexity index is 477. The molecule has 21 heavy (non-hydrogen) atoms. The number of esters is 1. The third kappa shape index (κ3) is 5.90. The van der Waals surface area contributed by atoms with Crippen LogP contribution in [-0.2, 0) is 9.47 Å². The molecule has 0 saturated carbocycles. The predicted octanol–water partition coefficient (Wildman–Crippen LogP) is 2.40. The molecule has 8 heteroatoms. The van der Waals surface area contributed by atoms with Crippen molar-refractivity contribution in [1.29, 1.82) is 0 Å². The summed E-state index contributed by atoms with van der Waals surface area (Å²) in [4.78, 5) is 11.7. The lowest BCUT2D eigenvalue weighted by atomic mass is 10.1. The van der Waals surface area contributed by atoms with Gasteiger partial charge in [-0.1, -0.05) is 6.07 Å². The molecular weight excluding hydrogens is 291 g/mol. The van der Waals surface area contributed by atoms with E-state index >= 15 is 0 Å². The number of para-hydroxylation sites is 1. The van der Waals surface area contributed by atoms with Gasteiger partial charge >= 0.3 is 12.1 Å². The summed E-state index contributed by atoms with van der Waals surface area (Å²) >= 11 is 0. The van der Waals surface area contributed by atoms with Gasteiger partial charge in [-0.3, -0.25) is 0 Å². The quantitative estimate of drug-likeness (QED) is 0.476. The molecule has 0 radical (unpaired) electrons. The van der Waals surface area contributed by atoms with Gasteiger partial charge in [0.2, 0.25) is 0 Å². The van der Waals surface area contributed by atoms with E-state index in [1.165, 1.54) is 13.2 Å². The average Bonchev–Trinajstić information content (AvgIpc) is 2.41. The van der Waals surface area contributed by atoms with Crippen LogP contribution in [0.25, 0.3) is 0 Å². The molecule has 0 aliphatic rings. The Hall–Kier alpha value is -1.96. The van der Waals surface area contributed by atoms with Crippen LogP contribution in [-0.4, -0.2) is 39.1 Å². The van der Waals surface area contributed by atoms with Crippen molar-refractivity contribution < 1.29 is 32.2 Å². The van der Waals surface area contributed by atoms with E-state index in [1.807, 2.05) is 0 Å². The Labute approximate surface area is 119 Å². The average molecular weight is 307 g/mol. The van der Waals surface area contributed by atoms with E-state index in [2.05, 4.69) is 4.74 Å². The van der Waals surface area contributed by atoms with Crippen LogP contribution in [0.1, 0.15) is 16.8 Å². The molecule has 0 aromatic heterocycles. The first-order valence-electron chi connectivity index (χ1n) is 6.09. The van der Waals surface area contributed by atoms with Crippen molar-refractivity contribution in [3.8, 4) is 5.75 Å². The molecule has 0 bridgehead atoms. The third-order valence-electron chi connectivity index (χ3n) is 2.44. The third-order valence-corrected chi connectivity index (χ3v) is 2.44. The number of hydrogen-bond donors (Lipinski definition) is 1. The second-order valence-corrected chi connectivity index (χ2v) is 4.08. The molecular formula is C13H16F3NO4. The van der Waals surface area contributed by atoms with E-state index in [0.29, 0.717) is 5.75 Å². The number of hydrogen-bond acceptors (Lipinski definition) is 5. The highest BCUT2D eigenvalue weighted by Gasteiger charge is 2.27. The van der Waals surface area contributed by atoms with Gasteiger partial charge in [0.15, 0.2) is 0 Å². The number of methoxy groups -OCH3 is 1. The van der Waals surface area contributed by atoms with Crippen LogP contribution in [0.5, 0.6) is 5.75 Å². The zero-order chi connectivity index (χ0) is 15.9. The van der Waals surface area contributed by atoms with Gasteiger partial charge in [0.1, 0.15) is 12.4 Å². The van der Waals surface area contributed by atoms with Gasteiger partial charge in [0.05, 0.1) is 31.6 Å². The minimum Gasteiger partial charge on any atom is -0.495 e. The molecule has 2 N–H and O–H groups in total. The van der Waals surface area contributed by atoms with Crippen molar-refractivity contribution in [1.82, 2.24) is 0 Å². The monoisotopic (exact) mass is 307 g/mol. The summed E-state index contributed by atoms with van der Waals surface area (Å²) < 4.78 is 49.6. The Morgan fingerprint density at radius 2 is 2.00 bits per heavy atom. The molecule has 0 aliphatic carbocycles. The summed E-state index contributed by atoms with van der Waals surface area (Å²) in [6.07, 6.45) is -4.20. The molecule has 118 valence electrons. The number of nitrogens with two attached hydrogens (primary N) is 1. The summed E-state index contributed by atoms with van der Waals surface area (Å²) in [7, 11) is 1.42. The van der Waals surface area contributed by atoms with Crippen molar-refractivity contribution in [2.24, 2.45) is 0 Å². The zero-order valence-electron chi connectivity index (χ0n) is 11.4. The topological polar surface area (TPSA) is 70.8 Å². The second-order valence-electron chi connectivity index (χ2n) is 4.08. The largest absolute Gasteiger partial charge is 0.495 e. The van der Waals surface area contributed by atoms with E-state index in [-0.39, 0.29) is 30.9 Å². The number of carbonyl (C=O) groups is 1. The molecule has 0 atom stereocenters. The van der Waals surface area contributed by atoms with Crippen molar-refractivity contribution in [3.05, 3.63) is 23.8 Å². The Kier molecular flexibility index (Phi) is 6.29. The van der Waals surface area contributed by atoms with E-state index in [1.54, 1.807) is 12.1 Å². The lowest BCUT2D eigenvalue weighted by molar-refractivity contribution is -0.174. The van der Waals surface area contributed by atoms with E-state index in [9.17, 15) is 18.0 Å². The van der Waals surface area contributed by atoms with Gasteiger partial charge in [-0.25, -0.2) is 4.79 Å². The summed E-state index contributed by atoms with van der Waals surface area (Å²) in [5.74, 6) is -0.319. The highest BCUT2D eigenvalue weighted by atomic mass is 19.4. The number of benzene rings is 1. The molecule has 5 nitrogen and oxygen atoms in total. The maximum atomic E-state index is 11.8. The van der Waals surface area contributed by atoms with Crippen LogP contribution < -0.4 is 10.5 Å². The van der Waals surface area contributed by atoms with Gasteiger partial charge in [-0.05, 0) is 12.1 Å². The van der Waals surface area contributed by atoms with Crippen molar-refractivity contribution in [3.63, 3.8) is 0 Å².